The lowest BCUT2D eigenvalue weighted by Gasteiger charge is -2.06. The van der Waals surface area contributed by atoms with Crippen LogP contribution in [0.2, 0.25) is 5.28 Å². The van der Waals surface area contributed by atoms with Gasteiger partial charge in [-0.25, -0.2) is 0 Å². The highest BCUT2D eigenvalue weighted by molar-refractivity contribution is 6.28. The Bertz CT molecular complexity index is 513. The number of hydrogen-bond donors (Lipinski definition) is 1. The van der Waals surface area contributed by atoms with E-state index in [1.54, 1.807) is 18.0 Å². The van der Waals surface area contributed by atoms with Crippen LogP contribution in [-0.4, -0.2) is 40.0 Å². The van der Waals surface area contributed by atoms with E-state index < -0.39 is 0 Å². The van der Waals surface area contributed by atoms with Gasteiger partial charge in [-0.1, -0.05) is 0 Å². The number of anilines is 1. The van der Waals surface area contributed by atoms with Crippen LogP contribution in [0.15, 0.2) is 6.20 Å². The Morgan fingerprint density at radius 3 is 3.06 bits per heavy atom. The summed E-state index contributed by atoms with van der Waals surface area (Å²) in [5.41, 5.74) is 0.722. The van der Waals surface area contributed by atoms with Crippen molar-refractivity contribution in [2.75, 3.05) is 25.6 Å². The zero-order chi connectivity index (χ0) is 12.3. The number of hydrogen-bond acceptors (Lipinski definition) is 5. The first-order chi connectivity index (χ1) is 8.22. The van der Waals surface area contributed by atoms with Gasteiger partial charge < -0.3 is 10.1 Å². The standard InChI is InChI=1S/C10H14ClN5O/c1-16-9-7(6-13-16)8(14-10(11)15-9)12-4-3-5-17-2/h6H,3-5H2,1-2H3,(H,12,14,15). The van der Waals surface area contributed by atoms with Crippen molar-refractivity contribution in [2.45, 2.75) is 6.42 Å². The largest absolute Gasteiger partial charge is 0.385 e. The number of fused-ring (bicyclic) bond motifs is 1. The third-order valence-corrected chi connectivity index (χ3v) is 2.55. The fraction of sp³-hybridized carbons (Fsp3) is 0.500. The second kappa shape index (κ2) is 5.29. The molecule has 2 heterocycles. The normalized spacial score (nSPS) is 11.0. The quantitative estimate of drug-likeness (QED) is 0.647. The molecule has 0 atom stereocenters. The molecule has 0 bridgehead atoms. The molecule has 0 radical (unpaired) electrons. The Kier molecular flexibility index (Phi) is 3.75. The molecular weight excluding hydrogens is 242 g/mol. The number of nitrogens with one attached hydrogen (secondary N) is 1. The Balaban J connectivity index is 2.20. The maximum absolute atomic E-state index is 5.86. The van der Waals surface area contributed by atoms with Crippen molar-refractivity contribution in [3.8, 4) is 0 Å². The van der Waals surface area contributed by atoms with Crippen molar-refractivity contribution < 1.29 is 4.74 Å². The van der Waals surface area contributed by atoms with E-state index in [1.807, 2.05) is 7.05 Å². The SMILES string of the molecule is COCCCNc1nc(Cl)nc2c1cnn2C. The number of ether oxygens (including phenoxy) is 1. The highest BCUT2D eigenvalue weighted by atomic mass is 35.5. The fourth-order valence-electron chi connectivity index (χ4n) is 1.55. The molecule has 0 unspecified atom stereocenters. The van der Waals surface area contributed by atoms with Gasteiger partial charge in [-0.2, -0.15) is 15.1 Å². The molecule has 0 saturated carbocycles. The number of aromatic nitrogens is 4. The summed E-state index contributed by atoms with van der Waals surface area (Å²) >= 11 is 5.86. The molecule has 0 aliphatic carbocycles. The molecule has 2 aromatic rings. The predicted octanol–water partition coefficient (Wildman–Crippen LogP) is 1.47. The maximum Gasteiger partial charge on any atom is 0.226 e. The van der Waals surface area contributed by atoms with Crippen molar-refractivity contribution in [1.29, 1.82) is 0 Å². The molecule has 0 fully saturated rings. The summed E-state index contributed by atoms with van der Waals surface area (Å²) in [7, 11) is 3.50. The molecule has 0 aliphatic rings. The topological polar surface area (TPSA) is 64.9 Å². The van der Waals surface area contributed by atoms with Crippen LogP contribution in [0.3, 0.4) is 0 Å². The van der Waals surface area contributed by atoms with Crippen LogP contribution in [0.25, 0.3) is 11.0 Å². The van der Waals surface area contributed by atoms with Gasteiger partial charge in [0, 0.05) is 27.3 Å². The fourth-order valence-corrected chi connectivity index (χ4v) is 1.72. The Hall–Kier alpha value is -1.40. The number of halogens is 1. The average molecular weight is 256 g/mol. The number of aryl methyl sites for hydroxylation is 1. The van der Waals surface area contributed by atoms with Gasteiger partial charge in [0.1, 0.15) is 5.82 Å². The second-order valence-corrected chi connectivity index (χ2v) is 3.96. The molecule has 2 rings (SSSR count). The van der Waals surface area contributed by atoms with Gasteiger partial charge in [0.15, 0.2) is 5.65 Å². The second-order valence-electron chi connectivity index (χ2n) is 3.62. The van der Waals surface area contributed by atoms with E-state index in [2.05, 4.69) is 20.4 Å². The summed E-state index contributed by atoms with van der Waals surface area (Å²) in [6.07, 6.45) is 2.63. The molecule has 0 spiro atoms. The summed E-state index contributed by atoms with van der Waals surface area (Å²) in [4.78, 5) is 8.29. The molecular formula is C10H14ClN5O. The van der Waals surface area contributed by atoms with Gasteiger partial charge in [-0.15, -0.1) is 0 Å². The smallest absolute Gasteiger partial charge is 0.226 e. The molecule has 1 N–H and O–H groups in total. The highest BCUT2D eigenvalue weighted by Gasteiger charge is 2.09. The molecule has 0 aliphatic heterocycles. The van der Waals surface area contributed by atoms with E-state index in [-0.39, 0.29) is 5.28 Å². The van der Waals surface area contributed by atoms with Crippen LogP contribution in [0.1, 0.15) is 6.42 Å². The Labute approximate surface area is 104 Å². The van der Waals surface area contributed by atoms with Crippen molar-refractivity contribution in [3.63, 3.8) is 0 Å². The molecule has 7 heteroatoms. The summed E-state index contributed by atoms with van der Waals surface area (Å²) in [6, 6.07) is 0. The van der Waals surface area contributed by atoms with Crippen LogP contribution in [-0.2, 0) is 11.8 Å². The predicted molar refractivity (Wildman–Crippen MR) is 66.3 cm³/mol. The molecule has 0 amide bonds. The van der Waals surface area contributed by atoms with Gasteiger partial charge in [0.05, 0.1) is 11.6 Å². The first kappa shape index (κ1) is 12.1. The van der Waals surface area contributed by atoms with Crippen molar-refractivity contribution in [2.24, 2.45) is 7.05 Å². The van der Waals surface area contributed by atoms with Crippen molar-refractivity contribution in [1.82, 2.24) is 19.7 Å². The highest BCUT2D eigenvalue weighted by Crippen LogP contribution is 2.20. The van der Waals surface area contributed by atoms with Crippen molar-refractivity contribution >= 4 is 28.5 Å². The first-order valence-corrected chi connectivity index (χ1v) is 5.68. The van der Waals surface area contributed by atoms with Crippen LogP contribution >= 0.6 is 11.6 Å². The van der Waals surface area contributed by atoms with E-state index in [0.29, 0.717) is 12.4 Å². The third kappa shape index (κ3) is 2.65. The summed E-state index contributed by atoms with van der Waals surface area (Å²) < 4.78 is 6.65. The lowest BCUT2D eigenvalue weighted by Crippen LogP contribution is -2.07. The minimum Gasteiger partial charge on any atom is -0.385 e. The van der Waals surface area contributed by atoms with E-state index in [4.69, 9.17) is 16.3 Å². The maximum atomic E-state index is 5.86. The zero-order valence-electron chi connectivity index (χ0n) is 9.77. The minimum atomic E-state index is 0.218. The molecule has 2 aromatic heterocycles. The molecule has 17 heavy (non-hydrogen) atoms. The minimum absolute atomic E-state index is 0.218. The summed E-state index contributed by atoms with van der Waals surface area (Å²) in [6.45, 7) is 1.48. The third-order valence-electron chi connectivity index (χ3n) is 2.38. The summed E-state index contributed by atoms with van der Waals surface area (Å²) in [5, 5.41) is 8.43. The van der Waals surface area contributed by atoms with Crippen LogP contribution in [0, 0.1) is 0 Å². The molecule has 0 aromatic carbocycles. The van der Waals surface area contributed by atoms with Gasteiger partial charge >= 0.3 is 0 Å². The van der Waals surface area contributed by atoms with E-state index >= 15 is 0 Å². The number of rotatable bonds is 5. The first-order valence-electron chi connectivity index (χ1n) is 5.30. The van der Waals surface area contributed by atoms with Gasteiger partial charge in [0.25, 0.3) is 0 Å². The Morgan fingerprint density at radius 2 is 2.29 bits per heavy atom. The van der Waals surface area contributed by atoms with Crippen molar-refractivity contribution in [3.05, 3.63) is 11.5 Å². The monoisotopic (exact) mass is 255 g/mol. The van der Waals surface area contributed by atoms with Crippen LogP contribution in [0.5, 0.6) is 0 Å². The lowest BCUT2D eigenvalue weighted by atomic mass is 10.3. The van der Waals surface area contributed by atoms with Gasteiger partial charge in [0.2, 0.25) is 5.28 Å². The van der Waals surface area contributed by atoms with Gasteiger partial charge in [-0.05, 0) is 18.0 Å². The average Bonchev–Trinajstić information content (AvgIpc) is 2.67. The Morgan fingerprint density at radius 1 is 1.47 bits per heavy atom. The van der Waals surface area contributed by atoms with E-state index in [1.165, 1.54) is 0 Å². The summed E-state index contributed by atoms with van der Waals surface area (Å²) in [5.74, 6) is 0.712. The number of nitrogens with zero attached hydrogens (tertiary/aromatic N) is 4. The van der Waals surface area contributed by atoms with Crippen LogP contribution in [0.4, 0.5) is 5.82 Å². The lowest BCUT2D eigenvalue weighted by molar-refractivity contribution is 0.198. The molecule has 92 valence electrons. The van der Waals surface area contributed by atoms with E-state index in [0.717, 1.165) is 24.0 Å². The molecule has 6 nitrogen and oxygen atoms in total. The van der Waals surface area contributed by atoms with Crippen LogP contribution < -0.4 is 5.32 Å². The van der Waals surface area contributed by atoms with E-state index in [9.17, 15) is 0 Å². The van der Waals surface area contributed by atoms with Gasteiger partial charge in [-0.3, -0.25) is 4.68 Å². The molecule has 0 saturated heterocycles. The zero-order valence-corrected chi connectivity index (χ0v) is 10.5. The number of methoxy groups -OCH3 is 1.